The number of rotatable bonds is 9. The molecule has 0 aromatic heterocycles. The summed E-state index contributed by atoms with van der Waals surface area (Å²) in [5.74, 6) is 0.357. The van der Waals surface area contributed by atoms with Crippen molar-refractivity contribution in [1.29, 1.82) is 0 Å². The molecule has 7 heteroatoms. The van der Waals surface area contributed by atoms with Crippen LogP contribution in [0.3, 0.4) is 0 Å². The van der Waals surface area contributed by atoms with Crippen molar-refractivity contribution in [1.82, 2.24) is 10.2 Å². The Kier molecular flexibility index (Phi) is 9.00. The summed E-state index contributed by atoms with van der Waals surface area (Å²) in [6.45, 7) is 8.21. The Morgan fingerprint density at radius 1 is 1.10 bits per heavy atom. The van der Waals surface area contributed by atoms with Gasteiger partial charge in [0.05, 0.1) is 0 Å². The minimum Gasteiger partial charge on any atom is -0.484 e. The first-order valence-electron chi connectivity index (χ1n) is 9.88. The van der Waals surface area contributed by atoms with Gasteiger partial charge in [-0.15, -0.1) is 0 Å². The molecule has 162 valence electrons. The molecule has 0 aliphatic carbocycles. The summed E-state index contributed by atoms with van der Waals surface area (Å²) in [7, 11) is 0. The van der Waals surface area contributed by atoms with Gasteiger partial charge in [0.1, 0.15) is 11.8 Å². The summed E-state index contributed by atoms with van der Waals surface area (Å²) in [5, 5.41) is 4.09. The number of aryl methyl sites for hydroxylation is 1. The number of nitrogens with zero attached hydrogens (tertiary/aromatic N) is 1. The van der Waals surface area contributed by atoms with Crippen molar-refractivity contribution in [3.05, 3.63) is 63.6 Å². The van der Waals surface area contributed by atoms with Crippen molar-refractivity contribution >= 4 is 35.0 Å². The Morgan fingerprint density at radius 2 is 1.83 bits per heavy atom. The van der Waals surface area contributed by atoms with Crippen LogP contribution in [-0.2, 0) is 16.1 Å². The maximum Gasteiger partial charge on any atom is 0.261 e. The van der Waals surface area contributed by atoms with Crippen LogP contribution < -0.4 is 10.1 Å². The van der Waals surface area contributed by atoms with Crippen LogP contribution in [0.1, 0.15) is 31.9 Å². The summed E-state index contributed by atoms with van der Waals surface area (Å²) in [4.78, 5) is 27.1. The van der Waals surface area contributed by atoms with E-state index in [1.54, 1.807) is 37.3 Å². The standard InChI is InChI=1S/C23H28Cl2N2O3/c1-15(2)12-26-23(29)17(4)27(13-18-6-5-7-19(24)11-18)22(28)14-30-20-8-9-21(25)16(3)10-20/h5-11,15,17H,12-14H2,1-4H3,(H,26,29)/t17-/m1/s1. The fraction of sp³-hybridized carbons (Fsp3) is 0.391. The van der Waals surface area contributed by atoms with Gasteiger partial charge in [-0.1, -0.05) is 49.2 Å². The minimum atomic E-state index is -0.661. The number of hydrogen-bond donors (Lipinski definition) is 1. The van der Waals surface area contributed by atoms with E-state index in [0.29, 0.717) is 28.3 Å². The van der Waals surface area contributed by atoms with E-state index < -0.39 is 6.04 Å². The molecule has 0 aliphatic heterocycles. The van der Waals surface area contributed by atoms with Gasteiger partial charge in [-0.3, -0.25) is 9.59 Å². The van der Waals surface area contributed by atoms with Crippen LogP contribution in [0.4, 0.5) is 0 Å². The van der Waals surface area contributed by atoms with E-state index in [4.69, 9.17) is 27.9 Å². The van der Waals surface area contributed by atoms with Crippen LogP contribution in [0.15, 0.2) is 42.5 Å². The van der Waals surface area contributed by atoms with Crippen LogP contribution in [-0.4, -0.2) is 35.9 Å². The number of carbonyl (C=O) groups excluding carboxylic acids is 2. The van der Waals surface area contributed by atoms with Crippen molar-refractivity contribution in [2.24, 2.45) is 5.92 Å². The summed E-state index contributed by atoms with van der Waals surface area (Å²) in [6.07, 6.45) is 0. The molecule has 30 heavy (non-hydrogen) atoms. The SMILES string of the molecule is Cc1cc(OCC(=O)N(Cc2cccc(Cl)c2)[C@H](C)C(=O)NCC(C)C)ccc1Cl. The molecule has 5 nitrogen and oxygen atoms in total. The number of nitrogens with one attached hydrogen (secondary N) is 1. The molecule has 2 aromatic carbocycles. The first kappa shape index (κ1) is 24.0. The highest BCUT2D eigenvalue weighted by Crippen LogP contribution is 2.21. The summed E-state index contributed by atoms with van der Waals surface area (Å²) < 4.78 is 5.67. The Hall–Kier alpha value is -2.24. The molecule has 0 aliphatic rings. The van der Waals surface area contributed by atoms with Crippen LogP contribution >= 0.6 is 23.2 Å². The molecule has 1 N–H and O–H groups in total. The first-order chi connectivity index (χ1) is 14.2. The normalized spacial score (nSPS) is 11.8. The van der Waals surface area contributed by atoms with Gasteiger partial charge in [-0.25, -0.2) is 0 Å². The van der Waals surface area contributed by atoms with Crippen LogP contribution in [0, 0.1) is 12.8 Å². The van der Waals surface area contributed by atoms with E-state index in [-0.39, 0.29) is 25.0 Å². The van der Waals surface area contributed by atoms with E-state index in [9.17, 15) is 9.59 Å². The second-order valence-corrected chi connectivity index (χ2v) is 8.51. The highest BCUT2D eigenvalue weighted by atomic mass is 35.5. The molecule has 0 radical (unpaired) electrons. The van der Waals surface area contributed by atoms with E-state index in [2.05, 4.69) is 5.32 Å². The third-order valence-corrected chi connectivity index (χ3v) is 5.24. The quantitative estimate of drug-likeness (QED) is 0.592. The van der Waals surface area contributed by atoms with Crippen LogP contribution in [0.25, 0.3) is 0 Å². The van der Waals surface area contributed by atoms with E-state index in [1.165, 1.54) is 4.90 Å². The Bertz CT molecular complexity index is 887. The van der Waals surface area contributed by atoms with Gasteiger partial charge in [0, 0.05) is 23.1 Å². The van der Waals surface area contributed by atoms with E-state index in [1.807, 2.05) is 32.9 Å². The Morgan fingerprint density at radius 3 is 2.47 bits per heavy atom. The van der Waals surface area contributed by atoms with Crippen molar-refractivity contribution in [3.63, 3.8) is 0 Å². The zero-order valence-corrected chi connectivity index (χ0v) is 19.3. The molecule has 2 aromatic rings. The summed E-state index contributed by atoms with van der Waals surface area (Å²) in [5.41, 5.74) is 1.69. The van der Waals surface area contributed by atoms with Crippen LogP contribution in [0.2, 0.25) is 10.0 Å². The van der Waals surface area contributed by atoms with Gasteiger partial charge in [0.25, 0.3) is 5.91 Å². The number of halogens is 2. The molecular formula is C23H28Cl2N2O3. The number of ether oxygens (including phenoxy) is 1. The van der Waals surface area contributed by atoms with E-state index >= 15 is 0 Å². The fourth-order valence-corrected chi connectivity index (χ4v) is 3.13. The minimum absolute atomic E-state index is 0.191. The highest BCUT2D eigenvalue weighted by molar-refractivity contribution is 6.31. The van der Waals surface area contributed by atoms with Gasteiger partial charge in [-0.2, -0.15) is 0 Å². The number of benzene rings is 2. The molecule has 2 rings (SSSR count). The molecule has 0 bridgehead atoms. The fourth-order valence-electron chi connectivity index (χ4n) is 2.80. The van der Waals surface area contributed by atoms with Gasteiger partial charge in [0.2, 0.25) is 5.91 Å². The monoisotopic (exact) mass is 450 g/mol. The zero-order chi connectivity index (χ0) is 22.3. The molecular weight excluding hydrogens is 423 g/mol. The lowest BCUT2D eigenvalue weighted by Gasteiger charge is -2.29. The molecule has 0 fully saturated rings. The van der Waals surface area contributed by atoms with Gasteiger partial charge >= 0.3 is 0 Å². The maximum absolute atomic E-state index is 13.0. The molecule has 2 amide bonds. The molecule has 0 unspecified atom stereocenters. The third-order valence-electron chi connectivity index (χ3n) is 4.59. The smallest absolute Gasteiger partial charge is 0.261 e. The second-order valence-electron chi connectivity index (χ2n) is 7.67. The topological polar surface area (TPSA) is 58.6 Å². The number of hydrogen-bond acceptors (Lipinski definition) is 3. The third kappa shape index (κ3) is 7.22. The van der Waals surface area contributed by atoms with E-state index in [0.717, 1.165) is 11.1 Å². The van der Waals surface area contributed by atoms with Crippen molar-refractivity contribution < 1.29 is 14.3 Å². The van der Waals surface area contributed by atoms with Gasteiger partial charge in [-0.05, 0) is 61.2 Å². The number of carbonyl (C=O) groups is 2. The maximum atomic E-state index is 13.0. The van der Waals surface area contributed by atoms with Crippen molar-refractivity contribution in [3.8, 4) is 5.75 Å². The number of amides is 2. The lowest BCUT2D eigenvalue weighted by atomic mass is 10.1. The first-order valence-corrected chi connectivity index (χ1v) is 10.6. The van der Waals surface area contributed by atoms with Crippen molar-refractivity contribution in [2.45, 2.75) is 40.3 Å². The Labute approximate surface area is 188 Å². The largest absolute Gasteiger partial charge is 0.484 e. The molecule has 0 spiro atoms. The molecule has 0 heterocycles. The highest BCUT2D eigenvalue weighted by Gasteiger charge is 2.26. The van der Waals surface area contributed by atoms with Gasteiger partial charge in [0.15, 0.2) is 6.61 Å². The zero-order valence-electron chi connectivity index (χ0n) is 17.7. The predicted molar refractivity (Wildman–Crippen MR) is 121 cm³/mol. The van der Waals surface area contributed by atoms with Crippen LogP contribution in [0.5, 0.6) is 5.75 Å². The van der Waals surface area contributed by atoms with Gasteiger partial charge < -0.3 is 15.0 Å². The molecule has 0 saturated heterocycles. The second kappa shape index (κ2) is 11.2. The van der Waals surface area contributed by atoms with Crippen molar-refractivity contribution in [2.75, 3.05) is 13.2 Å². The lowest BCUT2D eigenvalue weighted by molar-refractivity contribution is -0.142. The average molecular weight is 451 g/mol. The predicted octanol–water partition coefficient (Wildman–Crippen LogP) is 4.87. The summed E-state index contributed by atoms with van der Waals surface area (Å²) in [6, 6.07) is 11.8. The lowest BCUT2D eigenvalue weighted by Crippen LogP contribution is -2.49. The summed E-state index contributed by atoms with van der Waals surface area (Å²) >= 11 is 12.1. The Balaban J connectivity index is 2.14. The molecule has 0 saturated carbocycles. The molecule has 1 atom stereocenters. The average Bonchev–Trinajstić information content (AvgIpc) is 2.70.